The van der Waals surface area contributed by atoms with Crippen molar-refractivity contribution in [2.75, 3.05) is 0 Å². The number of carbonyl (C=O) groups excluding carboxylic acids is 4. The van der Waals surface area contributed by atoms with E-state index in [2.05, 4.69) is 26.3 Å². The molecule has 3 aromatic carbocycles. The zero-order chi connectivity index (χ0) is 34.3. The van der Waals surface area contributed by atoms with Gasteiger partial charge in [0.2, 0.25) is 0 Å². The highest BCUT2D eigenvalue weighted by Crippen LogP contribution is 2.33. The molecule has 3 rings (SSSR count). The predicted octanol–water partition coefficient (Wildman–Crippen LogP) is 7.73. The van der Waals surface area contributed by atoms with E-state index in [-0.39, 0.29) is 50.7 Å². The second-order valence-electron chi connectivity index (χ2n) is 10.3. The summed E-state index contributed by atoms with van der Waals surface area (Å²) < 4.78 is 51.5. The Morgan fingerprint density at radius 2 is 0.978 bits per heavy atom. The first-order valence-electron chi connectivity index (χ1n) is 13.5. The maximum absolute atomic E-state index is 15.4. The first kappa shape index (κ1) is 34.6. The summed E-state index contributed by atoms with van der Waals surface area (Å²) in [4.78, 5) is 48.4. The van der Waals surface area contributed by atoms with Crippen LogP contribution in [0.25, 0.3) is 23.3 Å². The normalized spacial score (nSPS) is 10.6. The molecule has 0 saturated carbocycles. The number of esters is 4. The van der Waals surface area contributed by atoms with Crippen LogP contribution in [0.4, 0.5) is 8.78 Å². The molecule has 0 aliphatic rings. The molecule has 0 fully saturated rings. The van der Waals surface area contributed by atoms with Gasteiger partial charge in [-0.05, 0) is 63.1 Å². The van der Waals surface area contributed by atoms with E-state index in [4.69, 9.17) is 18.9 Å². The fourth-order valence-corrected chi connectivity index (χ4v) is 3.49. The summed E-state index contributed by atoms with van der Waals surface area (Å²) in [7, 11) is 0. The van der Waals surface area contributed by atoms with Gasteiger partial charge in [0.05, 0.1) is 0 Å². The van der Waals surface area contributed by atoms with E-state index >= 15 is 8.78 Å². The minimum atomic E-state index is -0.976. The highest BCUT2D eigenvalue weighted by atomic mass is 19.1. The lowest BCUT2D eigenvalue weighted by atomic mass is 10.0. The first-order chi connectivity index (χ1) is 21.5. The molecular formula is C36H30F2O8. The largest absolute Gasteiger partial charge is 0.423 e. The van der Waals surface area contributed by atoms with Gasteiger partial charge < -0.3 is 18.9 Å². The van der Waals surface area contributed by atoms with Crippen molar-refractivity contribution in [3.05, 3.63) is 120 Å². The van der Waals surface area contributed by atoms with Gasteiger partial charge in [-0.2, -0.15) is 0 Å². The number of carbonyl (C=O) groups is 4. The molecule has 0 spiro atoms. The molecule has 3 aromatic rings. The molecule has 0 bridgehead atoms. The quantitative estimate of drug-likeness (QED) is 0.0920. The molecule has 0 aliphatic carbocycles. The summed E-state index contributed by atoms with van der Waals surface area (Å²) in [6, 6.07) is 10.5. The second kappa shape index (κ2) is 14.7. The number of rotatable bonds is 11. The Morgan fingerprint density at radius 3 is 1.43 bits per heavy atom. The van der Waals surface area contributed by atoms with Crippen LogP contribution >= 0.6 is 0 Å². The topological polar surface area (TPSA) is 105 Å². The van der Waals surface area contributed by atoms with Crippen molar-refractivity contribution < 1.29 is 46.9 Å². The lowest BCUT2D eigenvalue weighted by Crippen LogP contribution is -2.12. The van der Waals surface area contributed by atoms with Crippen LogP contribution in [-0.4, -0.2) is 23.9 Å². The van der Waals surface area contributed by atoms with Crippen molar-refractivity contribution in [2.24, 2.45) is 0 Å². The molecule has 0 aromatic heterocycles. The Labute approximate surface area is 264 Å². The van der Waals surface area contributed by atoms with Crippen LogP contribution in [0.15, 0.2) is 97.1 Å². The number of hydrogen-bond donors (Lipinski definition) is 0. The average molecular weight is 629 g/mol. The van der Waals surface area contributed by atoms with E-state index < -0.39 is 41.3 Å². The highest BCUT2D eigenvalue weighted by Gasteiger charge is 2.18. The van der Waals surface area contributed by atoms with E-state index in [9.17, 15) is 19.2 Å². The van der Waals surface area contributed by atoms with E-state index in [1.165, 1.54) is 82.3 Å². The van der Waals surface area contributed by atoms with Crippen LogP contribution < -0.4 is 18.9 Å². The molecule has 10 heteroatoms. The number of ether oxygens (including phenoxy) is 4. The summed E-state index contributed by atoms with van der Waals surface area (Å²) in [5, 5.41) is 0. The van der Waals surface area contributed by atoms with Gasteiger partial charge in [-0.15, -0.1) is 0 Å². The fraction of sp³-hybridized carbons (Fsp3) is 0.111. The Morgan fingerprint density at radius 1 is 0.543 bits per heavy atom. The Hall–Kier alpha value is -5.90. The Bertz CT molecular complexity index is 1800. The van der Waals surface area contributed by atoms with Gasteiger partial charge in [-0.25, -0.2) is 28.0 Å². The monoisotopic (exact) mass is 628 g/mol. The zero-order valence-electron chi connectivity index (χ0n) is 25.6. The van der Waals surface area contributed by atoms with Crippen molar-refractivity contribution in [2.45, 2.75) is 27.7 Å². The second-order valence-corrected chi connectivity index (χ2v) is 10.3. The van der Waals surface area contributed by atoms with Crippen LogP contribution in [0.1, 0.15) is 38.8 Å². The summed E-state index contributed by atoms with van der Waals surface area (Å²) in [5.41, 5.74) is 0.851. The summed E-state index contributed by atoms with van der Waals surface area (Å²) in [6.45, 7) is 19.7. The Balaban J connectivity index is 2.02. The summed E-state index contributed by atoms with van der Waals surface area (Å²) >= 11 is 0. The fourth-order valence-electron chi connectivity index (χ4n) is 3.49. The molecule has 0 amide bonds. The minimum Gasteiger partial charge on any atom is -0.423 e. The third kappa shape index (κ3) is 9.06. The molecule has 8 nitrogen and oxygen atoms in total. The predicted molar refractivity (Wildman–Crippen MR) is 169 cm³/mol. The third-order valence-corrected chi connectivity index (χ3v) is 5.93. The van der Waals surface area contributed by atoms with Gasteiger partial charge in [0.15, 0.2) is 11.6 Å². The maximum Gasteiger partial charge on any atom is 0.338 e. The lowest BCUT2D eigenvalue weighted by Gasteiger charge is -2.12. The van der Waals surface area contributed by atoms with Gasteiger partial charge >= 0.3 is 23.9 Å². The third-order valence-electron chi connectivity index (χ3n) is 5.93. The van der Waals surface area contributed by atoms with Gasteiger partial charge in [-0.1, -0.05) is 50.6 Å². The molecular weight excluding hydrogens is 598 g/mol. The van der Waals surface area contributed by atoms with Crippen LogP contribution in [0.3, 0.4) is 0 Å². The van der Waals surface area contributed by atoms with Crippen molar-refractivity contribution >= 4 is 36.0 Å². The van der Waals surface area contributed by atoms with Gasteiger partial charge in [0.1, 0.15) is 23.1 Å². The number of benzene rings is 3. The summed E-state index contributed by atoms with van der Waals surface area (Å²) in [5.74, 6) is -5.49. The first-order valence-corrected chi connectivity index (χ1v) is 13.5. The van der Waals surface area contributed by atoms with E-state index in [0.717, 1.165) is 6.07 Å². The molecule has 0 aliphatic heterocycles. The van der Waals surface area contributed by atoms with Gasteiger partial charge in [-0.3, -0.25) is 0 Å². The highest BCUT2D eigenvalue weighted by molar-refractivity contribution is 5.91. The SMILES string of the molecule is C=C(C)C(=O)Oc1cc(OC(=O)C(=C)C)cc(-c2ccc(C=Cc3cc(OC(=O)C(=C)C)cc(OC(=O)C(=C)C)c3F)c(F)c2)c1. The molecule has 0 N–H and O–H groups in total. The number of halogens is 2. The number of hydrogen-bond acceptors (Lipinski definition) is 8. The minimum absolute atomic E-state index is 0.00334. The molecule has 46 heavy (non-hydrogen) atoms. The van der Waals surface area contributed by atoms with Crippen molar-refractivity contribution in [3.8, 4) is 34.1 Å². The summed E-state index contributed by atoms with van der Waals surface area (Å²) in [6.07, 6.45) is 2.47. The molecule has 0 atom stereocenters. The Kier molecular flexibility index (Phi) is 11.1. The smallest absolute Gasteiger partial charge is 0.338 e. The van der Waals surface area contributed by atoms with E-state index in [0.29, 0.717) is 11.1 Å². The van der Waals surface area contributed by atoms with Gasteiger partial charge in [0.25, 0.3) is 0 Å². The van der Waals surface area contributed by atoms with Crippen LogP contribution in [0, 0.1) is 11.6 Å². The molecule has 0 radical (unpaired) electrons. The zero-order valence-corrected chi connectivity index (χ0v) is 25.6. The van der Waals surface area contributed by atoms with Crippen molar-refractivity contribution in [1.82, 2.24) is 0 Å². The maximum atomic E-state index is 15.4. The van der Waals surface area contributed by atoms with Crippen molar-refractivity contribution in [1.29, 1.82) is 0 Å². The molecule has 0 saturated heterocycles. The van der Waals surface area contributed by atoms with Crippen LogP contribution in [0.5, 0.6) is 23.0 Å². The molecule has 236 valence electrons. The van der Waals surface area contributed by atoms with Crippen LogP contribution in [-0.2, 0) is 19.2 Å². The van der Waals surface area contributed by atoms with Crippen LogP contribution in [0.2, 0.25) is 0 Å². The standard InChI is InChI=1S/C36H30F2O8/c1-19(2)33(39)43-27-14-26(15-28(17-27)44-34(40)20(3)4)24-11-9-23(30(37)16-24)10-12-25-13-29(45-35(41)21(5)6)18-31(32(25)38)46-36(42)22(7)8/h9-18H,1,3,5,7H2,2,4,6,8H3. The van der Waals surface area contributed by atoms with Gasteiger partial charge in [0, 0.05) is 45.6 Å². The lowest BCUT2D eigenvalue weighted by molar-refractivity contribution is -0.131. The van der Waals surface area contributed by atoms with E-state index in [1.807, 2.05) is 0 Å². The van der Waals surface area contributed by atoms with Crippen molar-refractivity contribution in [3.63, 3.8) is 0 Å². The molecule has 0 heterocycles. The molecule has 0 unspecified atom stereocenters. The van der Waals surface area contributed by atoms with E-state index in [1.54, 1.807) is 0 Å². The average Bonchev–Trinajstić information content (AvgIpc) is 2.97.